The number of hydrogen-bond acceptors (Lipinski definition) is 6. The predicted molar refractivity (Wildman–Crippen MR) is 76.9 cm³/mol. The molecular weight excluding hydrogens is 306 g/mol. The summed E-state index contributed by atoms with van der Waals surface area (Å²) in [5.74, 6) is -2.40. The van der Waals surface area contributed by atoms with Gasteiger partial charge in [0.05, 0.1) is 12.8 Å². The van der Waals surface area contributed by atoms with Crippen molar-refractivity contribution < 1.29 is 24.2 Å². The number of rotatable bonds is 3. The topological polar surface area (TPSA) is 116 Å². The lowest BCUT2D eigenvalue weighted by Crippen LogP contribution is -2.52. The molecule has 3 heterocycles. The summed E-state index contributed by atoms with van der Waals surface area (Å²) in [4.78, 5) is 36.9. The van der Waals surface area contributed by atoms with Crippen LogP contribution in [0.25, 0.3) is 0 Å². The van der Waals surface area contributed by atoms with E-state index in [9.17, 15) is 19.5 Å². The van der Waals surface area contributed by atoms with Crippen molar-refractivity contribution in [1.82, 2.24) is 9.58 Å². The maximum atomic E-state index is 12.5. The van der Waals surface area contributed by atoms with Crippen molar-refractivity contribution in [2.45, 2.75) is 6.54 Å². The van der Waals surface area contributed by atoms with Crippen LogP contribution in [0.4, 0.5) is 0 Å². The van der Waals surface area contributed by atoms with Gasteiger partial charge in [0.25, 0.3) is 5.91 Å². The Balaban J connectivity index is 2.07. The van der Waals surface area contributed by atoms with Crippen molar-refractivity contribution in [2.24, 2.45) is 0 Å². The number of carbonyl (C=O) groups is 2. The largest absolute Gasteiger partial charge is 0.502 e. The van der Waals surface area contributed by atoms with Crippen molar-refractivity contribution in [1.29, 1.82) is 0 Å². The number of carboxylic acids is 1. The molecule has 23 heavy (non-hydrogen) atoms. The highest BCUT2D eigenvalue weighted by molar-refractivity contribution is 5.97. The fourth-order valence-corrected chi connectivity index (χ4v) is 2.45. The maximum absolute atomic E-state index is 12.5. The summed E-state index contributed by atoms with van der Waals surface area (Å²) in [7, 11) is 1.60. The predicted octanol–water partition coefficient (Wildman–Crippen LogP) is 0.0264. The van der Waals surface area contributed by atoms with Crippen LogP contribution in [0, 0.1) is 0 Å². The Hall–Kier alpha value is -3.23. The van der Waals surface area contributed by atoms with Gasteiger partial charge < -0.3 is 19.5 Å². The highest BCUT2D eigenvalue weighted by atomic mass is 16.4. The number of nitrogens with zero attached hydrogens (tertiary/aromatic N) is 3. The Morgan fingerprint density at radius 2 is 2.13 bits per heavy atom. The van der Waals surface area contributed by atoms with E-state index in [1.54, 1.807) is 19.2 Å². The maximum Gasteiger partial charge on any atom is 0.341 e. The van der Waals surface area contributed by atoms with Crippen LogP contribution in [-0.4, -0.2) is 45.4 Å². The Morgan fingerprint density at radius 3 is 2.74 bits per heavy atom. The van der Waals surface area contributed by atoms with Crippen molar-refractivity contribution >= 4 is 11.9 Å². The van der Waals surface area contributed by atoms with Crippen LogP contribution in [-0.2, 0) is 6.54 Å². The summed E-state index contributed by atoms with van der Waals surface area (Å²) in [5.41, 5.74) is -1.98. The van der Waals surface area contributed by atoms with Crippen molar-refractivity contribution in [2.75, 3.05) is 18.7 Å². The van der Waals surface area contributed by atoms with Crippen LogP contribution in [0.3, 0.4) is 0 Å². The monoisotopic (exact) mass is 319 g/mol. The van der Waals surface area contributed by atoms with Crippen molar-refractivity contribution in [3.8, 4) is 5.75 Å². The second kappa shape index (κ2) is 5.20. The number of fused-ring (bicyclic) bond motifs is 1. The van der Waals surface area contributed by atoms with Crippen molar-refractivity contribution in [3.05, 3.63) is 51.8 Å². The van der Waals surface area contributed by atoms with E-state index in [1.807, 2.05) is 0 Å². The van der Waals surface area contributed by atoms with E-state index in [1.165, 1.54) is 20.8 Å². The number of amides is 1. The van der Waals surface area contributed by atoms with E-state index < -0.39 is 28.6 Å². The molecule has 2 N–H and O–H groups in total. The first-order valence-corrected chi connectivity index (χ1v) is 6.65. The zero-order valence-corrected chi connectivity index (χ0v) is 12.1. The molecule has 0 atom stereocenters. The molecule has 9 heteroatoms. The van der Waals surface area contributed by atoms with Gasteiger partial charge in [0.1, 0.15) is 18.0 Å². The van der Waals surface area contributed by atoms with Crippen LogP contribution in [0.1, 0.15) is 26.6 Å². The second-order valence-corrected chi connectivity index (χ2v) is 5.10. The Bertz CT molecular complexity index is 839. The molecule has 1 amide bonds. The van der Waals surface area contributed by atoms with Gasteiger partial charge in [-0.2, -0.15) is 0 Å². The lowest BCUT2D eigenvalue weighted by Gasteiger charge is -2.37. The standard InChI is InChI=1S/C14H13N3O6/c1-15-7-16(5-8-3-2-4-23-8)13(20)10-12(19)11(18)9(14(21)22)6-17(10)15/h2-4,6,19H,5,7H2,1H3,(H,21,22). The highest BCUT2D eigenvalue weighted by Crippen LogP contribution is 2.22. The number of hydrogen-bond donors (Lipinski definition) is 2. The Kier molecular flexibility index (Phi) is 3.32. The molecule has 0 aromatic carbocycles. The molecule has 0 bridgehead atoms. The van der Waals surface area contributed by atoms with Gasteiger partial charge in [-0.15, -0.1) is 0 Å². The molecule has 2 aromatic rings. The smallest absolute Gasteiger partial charge is 0.341 e. The van der Waals surface area contributed by atoms with Gasteiger partial charge >= 0.3 is 5.97 Å². The molecule has 1 aliphatic heterocycles. The summed E-state index contributed by atoms with van der Waals surface area (Å²) in [6.45, 7) is 0.290. The van der Waals surface area contributed by atoms with Gasteiger partial charge in [-0.25, -0.2) is 4.79 Å². The number of furan rings is 1. The van der Waals surface area contributed by atoms with Crippen LogP contribution < -0.4 is 10.4 Å². The summed E-state index contributed by atoms with van der Waals surface area (Å²) in [6.07, 6.45) is 2.50. The summed E-state index contributed by atoms with van der Waals surface area (Å²) >= 11 is 0. The third-order valence-corrected chi connectivity index (χ3v) is 3.55. The SMILES string of the molecule is CN1CN(Cc2ccco2)C(=O)c2c(O)c(=O)c(C(=O)O)cn21. The number of aromatic hydroxyl groups is 1. The van der Waals surface area contributed by atoms with Gasteiger partial charge in [0, 0.05) is 13.2 Å². The first-order chi connectivity index (χ1) is 10.9. The third kappa shape index (κ3) is 2.31. The van der Waals surface area contributed by atoms with Gasteiger partial charge in [0.15, 0.2) is 11.4 Å². The number of carbonyl (C=O) groups excluding carboxylic acids is 1. The molecule has 0 saturated heterocycles. The molecule has 0 spiro atoms. The molecule has 0 aliphatic carbocycles. The summed E-state index contributed by atoms with van der Waals surface area (Å²) in [5, 5.41) is 20.5. The first-order valence-electron chi connectivity index (χ1n) is 6.65. The van der Waals surface area contributed by atoms with E-state index in [0.717, 1.165) is 6.20 Å². The zero-order chi connectivity index (χ0) is 16.7. The first kappa shape index (κ1) is 14.7. The van der Waals surface area contributed by atoms with Gasteiger partial charge in [-0.3, -0.25) is 19.3 Å². The van der Waals surface area contributed by atoms with Gasteiger partial charge in [-0.05, 0) is 12.1 Å². The van der Waals surface area contributed by atoms with E-state index in [0.29, 0.717) is 5.76 Å². The number of aromatic nitrogens is 1. The fraction of sp³-hybridized carbons (Fsp3) is 0.214. The quantitative estimate of drug-likeness (QED) is 0.819. The molecule has 0 unspecified atom stereocenters. The zero-order valence-electron chi connectivity index (χ0n) is 12.1. The van der Waals surface area contributed by atoms with Crippen LogP contribution in [0.5, 0.6) is 5.75 Å². The summed E-state index contributed by atoms with van der Waals surface area (Å²) < 4.78 is 6.36. The number of carboxylic acid groups (broad SMARTS) is 1. The lowest BCUT2D eigenvalue weighted by molar-refractivity contribution is 0.0652. The third-order valence-electron chi connectivity index (χ3n) is 3.55. The summed E-state index contributed by atoms with van der Waals surface area (Å²) in [6, 6.07) is 3.38. The van der Waals surface area contributed by atoms with E-state index in [2.05, 4.69) is 0 Å². The minimum atomic E-state index is -1.47. The molecule has 0 radical (unpaired) electrons. The fourth-order valence-electron chi connectivity index (χ4n) is 2.45. The average Bonchev–Trinajstić information content (AvgIpc) is 2.99. The Morgan fingerprint density at radius 1 is 1.39 bits per heavy atom. The van der Waals surface area contributed by atoms with E-state index in [-0.39, 0.29) is 18.9 Å². The molecule has 0 saturated carbocycles. The second-order valence-electron chi connectivity index (χ2n) is 5.10. The van der Waals surface area contributed by atoms with Gasteiger partial charge in [0.2, 0.25) is 5.43 Å². The number of aromatic carboxylic acids is 1. The van der Waals surface area contributed by atoms with Gasteiger partial charge in [-0.1, -0.05) is 0 Å². The highest BCUT2D eigenvalue weighted by Gasteiger charge is 2.33. The molecule has 120 valence electrons. The molecule has 2 aromatic heterocycles. The van der Waals surface area contributed by atoms with Crippen LogP contribution >= 0.6 is 0 Å². The molecule has 9 nitrogen and oxygen atoms in total. The molecule has 1 aliphatic rings. The lowest BCUT2D eigenvalue weighted by atomic mass is 10.2. The average molecular weight is 319 g/mol. The molecular formula is C14H13N3O6. The van der Waals surface area contributed by atoms with E-state index in [4.69, 9.17) is 9.52 Å². The molecule has 3 rings (SSSR count). The van der Waals surface area contributed by atoms with Crippen LogP contribution in [0.2, 0.25) is 0 Å². The normalized spacial score (nSPS) is 14.0. The molecule has 0 fully saturated rings. The minimum absolute atomic E-state index is 0.133. The Labute approximate surface area is 129 Å². The van der Waals surface area contributed by atoms with Crippen molar-refractivity contribution in [3.63, 3.8) is 0 Å². The number of pyridine rings is 1. The van der Waals surface area contributed by atoms with Crippen LogP contribution in [0.15, 0.2) is 33.8 Å². The minimum Gasteiger partial charge on any atom is -0.502 e. The van der Waals surface area contributed by atoms with E-state index >= 15 is 0 Å².